The fourth-order valence-corrected chi connectivity index (χ4v) is 2.62. The molecule has 0 saturated heterocycles. The highest BCUT2D eigenvalue weighted by atomic mass is 19.1. The zero-order valence-corrected chi connectivity index (χ0v) is 10.8. The molecule has 0 bridgehead atoms. The number of rotatable bonds is 3. The summed E-state index contributed by atoms with van der Waals surface area (Å²) in [7, 11) is 0. The van der Waals surface area contributed by atoms with E-state index >= 15 is 0 Å². The third-order valence-electron chi connectivity index (χ3n) is 3.85. The molecule has 1 N–H and O–H groups in total. The summed E-state index contributed by atoms with van der Waals surface area (Å²) in [5.41, 5.74) is 0.316. The number of benzene rings is 1. The van der Waals surface area contributed by atoms with Crippen LogP contribution in [0.15, 0.2) is 24.3 Å². The molecule has 0 unspecified atom stereocenters. The average molecular weight is 249 g/mol. The monoisotopic (exact) mass is 249 g/mol. The van der Waals surface area contributed by atoms with Crippen molar-refractivity contribution in [3.8, 4) is 0 Å². The molecule has 0 radical (unpaired) electrons. The molecule has 0 heterocycles. The van der Waals surface area contributed by atoms with Crippen LogP contribution in [-0.2, 0) is 0 Å². The van der Waals surface area contributed by atoms with E-state index in [1.807, 2.05) is 0 Å². The summed E-state index contributed by atoms with van der Waals surface area (Å²) in [6, 6.07) is 6.11. The van der Waals surface area contributed by atoms with Crippen LogP contribution in [0, 0.1) is 11.2 Å². The molecule has 0 aliphatic heterocycles. The van der Waals surface area contributed by atoms with Gasteiger partial charge in [-0.1, -0.05) is 38.3 Å². The zero-order valence-electron chi connectivity index (χ0n) is 10.8. The van der Waals surface area contributed by atoms with Gasteiger partial charge in [-0.25, -0.2) is 4.39 Å². The van der Waals surface area contributed by atoms with Crippen LogP contribution in [0.2, 0.25) is 0 Å². The van der Waals surface area contributed by atoms with E-state index in [-0.39, 0.29) is 16.9 Å². The van der Waals surface area contributed by atoms with Crippen LogP contribution < -0.4 is 5.32 Å². The van der Waals surface area contributed by atoms with E-state index in [2.05, 4.69) is 12.2 Å². The first kappa shape index (κ1) is 13.1. The fraction of sp³-hybridized carbons (Fsp3) is 0.533. The van der Waals surface area contributed by atoms with Crippen molar-refractivity contribution in [1.82, 2.24) is 5.32 Å². The van der Waals surface area contributed by atoms with Gasteiger partial charge in [-0.15, -0.1) is 0 Å². The molecule has 2 nitrogen and oxygen atoms in total. The zero-order chi connectivity index (χ0) is 13.0. The maximum atomic E-state index is 13.4. The minimum absolute atomic E-state index is 0.136. The Morgan fingerprint density at radius 3 is 2.61 bits per heavy atom. The molecular formula is C15H20FNO. The summed E-state index contributed by atoms with van der Waals surface area (Å²) < 4.78 is 13.4. The highest BCUT2D eigenvalue weighted by Gasteiger charge is 2.27. The summed E-state index contributed by atoms with van der Waals surface area (Å²) >= 11 is 0. The smallest absolute Gasteiger partial charge is 0.254 e. The summed E-state index contributed by atoms with van der Waals surface area (Å²) in [4.78, 5) is 11.9. The number of amides is 1. The van der Waals surface area contributed by atoms with Gasteiger partial charge >= 0.3 is 0 Å². The molecule has 0 atom stereocenters. The molecule has 3 heteroatoms. The van der Waals surface area contributed by atoms with Crippen molar-refractivity contribution in [2.45, 2.75) is 39.0 Å². The SMILES string of the molecule is CC1(CNC(=O)c2ccccc2F)CCCCC1. The molecule has 2 rings (SSSR count). The van der Waals surface area contributed by atoms with Gasteiger partial charge in [0, 0.05) is 6.54 Å². The first-order chi connectivity index (χ1) is 8.61. The predicted molar refractivity (Wildman–Crippen MR) is 69.9 cm³/mol. The maximum Gasteiger partial charge on any atom is 0.254 e. The highest BCUT2D eigenvalue weighted by Crippen LogP contribution is 2.34. The van der Waals surface area contributed by atoms with Gasteiger partial charge in [0.2, 0.25) is 0 Å². The Morgan fingerprint density at radius 2 is 1.94 bits per heavy atom. The Hall–Kier alpha value is -1.38. The van der Waals surface area contributed by atoms with E-state index in [0.29, 0.717) is 6.54 Å². The lowest BCUT2D eigenvalue weighted by Gasteiger charge is -2.33. The van der Waals surface area contributed by atoms with E-state index in [1.54, 1.807) is 12.1 Å². The Bertz CT molecular complexity index is 424. The molecule has 0 spiro atoms. The largest absolute Gasteiger partial charge is 0.351 e. The average Bonchev–Trinajstić information content (AvgIpc) is 2.38. The molecule has 1 aromatic carbocycles. The van der Waals surface area contributed by atoms with Crippen LogP contribution in [0.25, 0.3) is 0 Å². The quantitative estimate of drug-likeness (QED) is 0.872. The molecule has 1 aromatic rings. The van der Waals surface area contributed by atoms with E-state index in [9.17, 15) is 9.18 Å². The van der Waals surface area contributed by atoms with E-state index < -0.39 is 5.82 Å². The Morgan fingerprint density at radius 1 is 1.28 bits per heavy atom. The molecule has 1 amide bonds. The topological polar surface area (TPSA) is 29.1 Å². The number of nitrogens with one attached hydrogen (secondary N) is 1. The van der Waals surface area contributed by atoms with Crippen LogP contribution in [0.3, 0.4) is 0 Å². The first-order valence-corrected chi connectivity index (χ1v) is 6.63. The van der Waals surface area contributed by atoms with Crippen molar-refractivity contribution in [3.63, 3.8) is 0 Å². The van der Waals surface area contributed by atoms with E-state index in [1.165, 1.54) is 31.4 Å². The van der Waals surface area contributed by atoms with E-state index in [4.69, 9.17) is 0 Å². The van der Waals surface area contributed by atoms with Crippen LogP contribution in [0.5, 0.6) is 0 Å². The number of hydrogen-bond donors (Lipinski definition) is 1. The van der Waals surface area contributed by atoms with Crippen LogP contribution >= 0.6 is 0 Å². The lowest BCUT2D eigenvalue weighted by Crippen LogP contribution is -2.37. The van der Waals surface area contributed by atoms with Crippen LogP contribution in [0.1, 0.15) is 49.4 Å². The van der Waals surface area contributed by atoms with E-state index in [0.717, 1.165) is 12.8 Å². The van der Waals surface area contributed by atoms with Crippen molar-refractivity contribution >= 4 is 5.91 Å². The molecule has 18 heavy (non-hydrogen) atoms. The van der Waals surface area contributed by atoms with Gasteiger partial charge in [0.15, 0.2) is 0 Å². The van der Waals surface area contributed by atoms with Gasteiger partial charge in [-0.05, 0) is 30.4 Å². The number of hydrogen-bond acceptors (Lipinski definition) is 1. The highest BCUT2D eigenvalue weighted by molar-refractivity contribution is 5.94. The molecule has 1 fully saturated rings. The third-order valence-corrected chi connectivity index (χ3v) is 3.85. The molecule has 98 valence electrons. The summed E-state index contributed by atoms with van der Waals surface area (Å²) in [6.45, 7) is 2.84. The predicted octanol–water partition coefficient (Wildman–Crippen LogP) is 3.53. The summed E-state index contributed by atoms with van der Waals surface area (Å²) in [5, 5.41) is 2.87. The number of halogens is 1. The Labute approximate surface area is 108 Å². The Balaban J connectivity index is 1.94. The van der Waals surface area contributed by atoms with Gasteiger partial charge in [-0.2, -0.15) is 0 Å². The number of carbonyl (C=O) groups is 1. The van der Waals surface area contributed by atoms with Gasteiger partial charge < -0.3 is 5.32 Å². The normalized spacial score (nSPS) is 18.3. The summed E-state index contributed by atoms with van der Waals surface area (Å²) in [5.74, 6) is -0.760. The van der Waals surface area contributed by atoms with Crippen molar-refractivity contribution < 1.29 is 9.18 Å². The third kappa shape index (κ3) is 3.09. The lowest BCUT2D eigenvalue weighted by molar-refractivity contribution is 0.0915. The second-order valence-corrected chi connectivity index (χ2v) is 5.53. The van der Waals surface area contributed by atoms with Gasteiger partial charge in [0.1, 0.15) is 5.82 Å². The van der Waals surface area contributed by atoms with Crippen molar-refractivity contribution in [2.24, 2.45) is 5.41 Å². The van der Waals surface area contributed by atoms with Crippen LogP contribution in [0.4, 0.5) is 4.39 Å². The van der Waals surface area contributed by atoms with Crippen molar-refractivity contribution in [3.05, 3.63) is 35.6 Å². The Kier molecular flexibility index (Phi) is 4.00. The van der Waals surface area contributed by atoms with Crippen LogP contribution in [-0.4, -0.2) is 12.5 Å². The minimum atomic E-state index is -0.455. The second kappa shape index (κ2) is 5.51. The molecule has 1 saturated carbocycles. The van der Waals surface area contributed by atoms with Gasteiger partial charge in [0.05, 0.1) is 5.56 Å². The molecule has 1 aliphatic carbocycles. The van der Waals surface area contributed by atoms with Gasteiger partial charge in [0.25, 0.3) is 5.91 Å². The lowest BCUT2D eigenvalue weighted by atomic mass is 9.76. The van der Waals surface area contributed by atoms with Gasteiger partial charge in [-0.3, -0.25) is 4.79 Å². The van der Waals surface area contributed by atoms with Crippen molar-refractivity contribution in [2.75, 3.05) is 6.54 Å². The summed E-state index contributed by atoms with van der Waals surface area (Å²) in [6.07, 6.45) is 6.03. The molecular weight excluding hydrogens is 229 g/mol. The first-order valence-electron chi connectivity index (χ1n) is 6.63. The standard InChI is InChI=1S/C15H20FNO/c1-15(9-5-2-6-10-15)11-17-14(18)12-7-3-4-8-13(12)16/h3-4,7-8H,2,5-6,9-11H2,1H3,(H,17,18). The van der Waals surface area contributed by atoms with Crippen molar-refractivity contribution in [1.29, 1.82) is 0 Å². The second-order valence-electron chi connectivity index (χ2n) is 5.53. The fourth-order valence-electron chi connectivity index (χ4n) is 2.62. The number of carbonyl (C=O) groups excluding carboxylic acids is 1. The maximum absolute atomic E-state index is 13.4. The molecule has 0 aromatic heterocycles. The molecule has 1 aliphatic rings. The minimum Gasteiger partial charge on any atom is -0.351 e.